The van der Waals surface area contributed by atoms with E-state index in [0.717, 1.165) is 37.3 Å². The van der Waals surface area contributed by atoms with Crippen LogP contribution >= 0.6 is 0 Å². The van der Waals surface area contributed by atoms with Crippen molar-refractivity contribution in [1.82, 2.24) is 9.88 Å². The maximum atomic E-state index is 13.1. The Morgan fingerprint density at radius 3 is 2.89 bits per heavy atom. The number of amides is 1. The summed E-state index contributed by atoms with van der Waals surface area (Å²) in [4.78, 5) is 23.6. The minimum atomic E-state index is 0.0852. The van der Waals surface area contributed by atoms with Crippen LogP contribution < -0.4 is 9.80 Å². The highest BCUT2D eigenvalue weighted by molar-refractivity contribution is 5.95. The number of likely N-dealkylation sites (tertiary alicyclic amines) is 1. The van der Waals surface area contributed by atoms with E-state index in [1.807, 2.05) is 42.1 Å². The molecule has 2 aliphatic heterocycles. The second-order valence-corrected chi connectivity index (χ2v) is 7.79. The first-order valence-corrected chi connectivity index (χ1v) is 9.80. The van der Waals surface area contributed by atoms with E-state index in [2.05, 4.69) is 47.0 Å². The summed E-state index contributed by atoms with van der Waals surface area (Å²) in [7, 11) is 5.98. The van der Waals surface area contributed by atoms with Gasteiger partial charge in [0.2, 0.25) is 0 Å². The van der Waals surface area contributed by atoms with Crippen molar-refractivity contribution in [2.24, 2.45) is 5.92 Å². The lowest BCUT2D eigenvalue weighted by atomic mass is 9.87. The summed E-state index contributed by atoms with van der Waals surface area (Å²) in [5, 5.41) is 0. The lowest BCUT2D eigenvalue weighted by molar-refractivity contribution is 0.0666. The SMILES string of the molecule is CN(C)c1cc(C(=O)N2CCCC(C3C#Cc4ccccc4N3C)C2)ccn1. The van der Waals surface area contributed by atoms with Crippen LogP contribution in [0.15, 0.2) is 42.6 Å². The topological polar surface area (TPSA) is 39.7 Å². The van der Waals surface area contributed by atoms with Crippen LogP contribution in [0.1, 0.15) is 28.8 Å². The highest BCUT2D eigenvalue weighted by atomic mass is 16.2. The zero-order valence-corrected chi connectivity index (χ0v) is 16.7. The molecule has 0 spiro atoms. The van der Waals surface area contributed by atoms with Gasteiger partial charge in [-0.15, -0.1) is 0 Å². The van der Waals surface area contributed by atoms with Crippen molar-refractivity contribution in [3.63, 3.8) is 0 Å². The third-order valence-corrected chi connectivity index (χ3v) is 5.70. The van der Waals surface area contributed by atoms with Gasteiger partial charge in [-0.25, -0.2) is 4.98 Å². The van der Waals surface area contributed by atoms with Gasteiger partial charge in [0, 0.05) is 57.5 Å². The fourth-order valence-electron chi connectivity index (χ4n) is 4.15. The van der Waals surface area contributed by atoms with Crippen LogP contribution in [0.4, 0.5) is 11.5 Å². The molecule has 4 rings (SSSR count). The van der Waals surface area contributed by atoms with E-state index in [4.69, 9.17) is 0 Å². The minimum absolute atomic E-state index is 0.0852. The minimum Gasteiger partial charge on any atom is -0.363 e. The summed E-state index contributed by atoms with van der Waals surface area (Å²) in [6, 6.07) is 12.1. The van der Waals surface area contributed by atoms with Crippen LogP contribution in [0.5, 0.6) is 0 Å². The monoisotopic (exact) mass is 374 g/mol. The fourth-order valence-corrected chi connectivity index (χ4v) is 4.15. The maximum absolute atomic E-state index is 13.1. The normalized spacial score (nSPS) is 20.8. The number of hydrogen-bond donors (Lipinski definition) is 0. The molecule has 5 heteroatoms. The lowest BCUT2D eigenvalue weighted by Crippen LogP contribution is -2.48. The summed E-state index contributed by atoms with van der Waals surface area (Å²) < 4.78 is 0. The number of piperidine rings is 1. The number of para-hydroxylation sites is 1. The van der Waals surface area contributed by atoms with Gasteiger partial charge in [0.05, 0.1) is 11.7 Å². The molecule has 1 fully saturated rings. The Bertz CT molecular complexity index is 943. The Kier molecular flexibility index (Phi) is 4.95. The number of carbonyl (C=O) groups is 1. The van der Waals surface area contributed by atoms with E-state index >= 15 is 0 Å². The summed E-state index contributed by atoms with van der Waals surface area (Å²) in [5.41, 5.74) is 2.96. The standard InChI is InChI=1S/C23H26N4O/c1-25(2)22-15-18(12-13-24-22)23(28)27-14-6-8-19(16-27)21-11-10-17-7-4-5-9-20(17)26(21)3/h4-5,7,9,12-13,15,19,21H,6,8,14,16H2,1-3H3. The number of hydrogen-bond acceptors (Lipinski definition) is 4. The molecule has 0 saturated carbocycles. The predicted molar refractivity (Wildman–Crippen MR) is 113 cm³/mol. The second kappa shape index (κ2) is 7.55. The third kappa shape index (κ3) is 3.43. The first-order chi connectivity index (χ1) is 13.5. The molecule has 1 aromatic heterocycles. The number of aromatic nitrogens is 1. The Morgan fingerprint density at radius 1 is 1.25 bits per heavy atom. The van der Waals surface area contributed by atoms with Crippen LogP contribution in [0.25, 0.3) is 0 Å². The summed E-state index contributed by atoms with van der Waals surface area (Å²) in [6.07, 6.45) is 3.81. The van der Waals surface area contributed by atoms with Gasteiger partial charge in [0.25, 0.3) is 5.91 Å². The predicted octanol–water partition coefficient (Wildman–Crippen LogP) is 2.87. The van der Waals surface area contributed by atoms with E-state index in [0.29, 0.717) is 11.5 Å². The Labute approximate surface area is 167 Å². The summed E-state index contributed by atoms with van der Waals surface area (Å²) in [6.45, 7) is 1.54. The molecular formula is C23H26N4O. The van der Waals surface area contributed by atoms with E-state index in [-0.39, 0.29) is 11.9 Å². The van der Waals surface area contributed by atoms with Gasteiger partial charge in [-0.2, -0.15) is 0 Å². The van der Waals surface area contributed by atoms with Gasteiger partial charge in [0.15, 0.2) is 0 Å². The molecule has 0 N–H and O–H groups in total. The molecule has 2 atom stereocenters. The van der Waals surface area contributed by atoms with Crippen LogP contribution in [0.3, 0.4) is 0 Å². The fraction of sp³-hybridized carbons (Fsp3) is 0.391. The molecule has 2 aliphatic rings. The number of carbonyl (C=O) groups excluding carboxylic acids is 1. The van der Waals surface area contributed by atoms with Gasteiger partial charge in [0.1, 0.15) is 5.82 Å². The molecule has 2 aromatic rings. The molecule has 0 aliphatic carbocycles. The van der Waals surface area contributed by atoms with Crippen molar-refractivity contribution in [3.8, 4) is 11.8 Å². The van der Waals surface area contributed by atoms with E-state index in [1.54, 1.807) is 6.20 Å². The molecule has 1 aromatic carbocycles. The molecular weight excluding hydrogens is 348 g/mol. The number of anilines is 2. The number of benzene rings is 1. The van der Waals surface area contributed by atoms with Crippen molar-refractivity contribution in [2.45, 2.75) is 18.9 Å². The molecule has 5 nitrogen and oxygen atoms in total. The molecule has 0 bridgehead atoms. The zero-order chi connectivity index (χ0) is 19.7. The van der Waals surface area contributed by atoms with Crippen LogP contribution in [0, 0.1) is 17.8 Å². The van der Waals surface area contributed by atoms with Gasteiger partial charge in [-0.3, -0.25) is 4.79 Å². The molecule has 2 unspecified atom stereocenters. The summed E-state index contributed by atoms with van der Waals surface area (Å²) in [5.74, 6) is 8.00. The van der Waals surface area contributed by atoms with Crippen molar-refractivity contribution in [2.75, 3.05) is 44.0 Å². The number of nitrogens with zero attached hydrogens (tertiary/aromatic N) is 4. The molecule has 1 saturated heterocycles. The molecule has 144 valence electrons. The molecule has 3 heterocycles. The third-order valence-electron chi connectivity index (χ3n) is 5.70. The Hall–Kier alpha value is -3.00. The maximum Gasteiger partial charge on any atom is 0.254 e. The smallest absolute Gasteiger partial charge is 0.254 e. The van der Waals surface area contributed by atoms with Crippen LogP contribution in [-0.4, -0.2) is 56.1 Å². The van der Waals surface area contributed by atoms with Crippen LogP contribution in [-0.2, 0) is 0 Å². The zero-order valence-electron chi connectivity index (χ0n) is 16.7. The van der Waals surface area contributed by atoms with Crippen molar-refractivity contribution in [1.29, 1.82) is 0 Å². The Morgan fingerprint density at radius 2 is 2.07 bits per heavy atom. The van der Waals surface area contributed by atoms with Crippen molar-refractivity contribution in [3.05, 3.63) is 53.7 Å². The first kappa shape index (κ1) is 18.4. The van der Waals surface area contributed by atoms with Crippen molar-refractivity contribution >= 4 is 17.4 Å². The average molecular weight is 374 g/mol. The van der Waals surface area contributed by atoms with E-state index < -0.39 is 0 Å². The average Bonchev–Trinajstić information content (AvgIpc) is 2.74. The van der Waals surface area contributed by atoms with Gasteiger partial charge >= 0.3 is 0 Å². The van der Waals surface area contributed by atoms with Gasteiger partial charge in [-0.05, 0) is 37.1 Å². The largest absolute Gasteiger partial charge is 0.363 e. The lowest BCUT2D eigenvalue weighted by Gasteiger charge is -2.40. The second-order valence-electron chi connectivity index (χ2n) is 7.79. The Balaban J connectivity index is 1.52. The van der Waals surface area contributed by atoms with Gasteiger partial charge < -0.3 is 14.7 Å². The number of rotatable bonds is 3. The quantitative estimate of drug-likeness (QED) is 0.775. The number of fused-ring (bicyclic) bond motifs is 1. The highest BCUT2D eigenvalue weighted by Crippen LogP contribution is 2.30. The van der Waals surface area contributed by atoms with E-state index in [1.165, 1.54) is 5.69 Å². The number of pyridine rings is 1. The summed E-state index contributed by atoms with van der Waals surface area (Å²) >= 11 is 0. The first-order valence-electron chi connectivity index (χ1n) is 9.80. The molecule has 0 radical (unpaired) electrons. The highest BCUT2D eigenvalue weighted by Gasteiger charge is 2.33. The molecule has 1 amide bonds. The van der Waals surface area contributed by atoms with E-state index in [9.17, 15) is 4.79 Å². The van der Waals surface area contributed by atoms with Crippen molar-refractivity contribution < 1.29 is 4.79 Å². The van der Waals surface area contributed by atoms with Crippen LogP contribution in [0.2, 0.25) is 0 Å². The van der Waals surface area contributed by atoms with Gasteiger partial charge in [-0.1, -0.05) is 24.0 Å². The molecule has 28 heavy (non-hydrogen) atoms.